The summed E-state index contributed by atoms with van der Waals surface area (Å²) in [5.41, 5.74) is 2.31. The van der Waals surface area contributed by atoms with E-state index in [-0.39, 0.29) is 47.2 Å². The fraction of sp³-hybridized carbons (Fsp3) is 0.450. The van der Waals surface area contributed by atoms with E-state index in [2.05, 4.69) is 30.6 Å². The summed E-state index contributed by atoms with van der Waals surface area (Å²) >= 11 is 0. The normalized spacial score (nSPS) is 17.8. The Labute approximate surface area is 342 Å². The lowest BCUT2D eigenvalue weighted by molar-refractivity contribution is -0.136. The summed E-state index contributed by atoms with van der Waals surface area (Å²) in [4.78, 5) is 70.1. The Balaban J connectivity index is 1.11. The van der Waals surface area contributed by atoms with E-state index in [0.29, 0.717) is 60.1 Å². The molecule has 0 spiro atoms. The van der Waals surface area contributed by atoms with E-state index in [1.165, 1.54) is 38.5 Å². The number of amides is 4. The summed E-state index contributed by atoms with van der Waals surface area (Å²) < 4.78 is 46.5. The lowest BCUT2D eigenvalue weighted by atomic mass is 10.0. The first-order valence-corrected chi connectivity index (χ1v) is 20.8. The number of nitrogens with zero attached hydrogens (tertiary/aromatic N) is 4. The summed E-state index contributed by atoms with van der Waals surface area (Å²) in [5.74, 6) is 0.282. The molecule has 4 amide bonds. The van der Waals surface area contributed by atoms with Gasteiger partial charge in [0.25, 0.3) is 0 Å². The molecule has 2 aliphatic rings. The van der Waals surface area contributed by atoms with Crippen molar-refractivity contribution in [2.45, 2.75) is 77.5 Å². The third-order valence-corrected chi connectivity index (χ3v) is 11.2. The molecule has 0 bridgehead atoms. The molecule has 2 aromatic carbocycles. The molecule has 2 saturated heterocycles. The van der Waals surface area contributed by atoms with Crippen LogP contribution in [0.1, 0.15) is 77.1 Å². The van der Waals surface area contributed by atoms with Crippen LogP contribution in [0.2, 0.25) is 0 Å². The van der Waals surface area contributed by atoms with Gasteiger partial charge in [0.05, 0.1) is 50.1 Å². The van der Waals surface area contributed by atoms with Crippen LogP contribution >= 0.6 is 0 Å². The van der Waals surface area contributed by atoms with E-state index in [4.69, 9.17) is 17.8 Å². The van der Waals surface area contributed by atoms with Gasteiger partial charge in [0, 0.05) is 24.2 Å². The van der Waals surface area contributed by atoms with Gasteiger partial charge in [-0.3, -0.25) is 9.59 Å². The monoisotopic (exact) mass is 834 g/mol. The van der Waals surface area contributed by atoms with Crippen LogP contribution in [0.5, 0.6) is 11.5 Å². The fourth-order valence-electron chi connectivity index (χ4n) is 7.37. The molecule has 6 rings (SSSR count). The number of carbonyl (C=O) groups is 4. The smallest absolute Gasteiger partial charge is 0.453 e. The highest BCUT2D eigenvalue weighted by Crippen LogP contribution is 2.35. The highest BCUT2D eigenvalue weighted by atomic mass is 32.3. The quantitative estimate of drug-likeness (QED) is 0.128. The van der Waals surface area contributed by atoms with Crippen molar-refractivity contribution >= 4 is 34.4 Å². The van der Waals surface area contributed by atoms with Crippen LogP contribution in [0.4, 0.5) is 9.59 Å². The topological polar surface area (TPSA) is 227 Å². The van der Waals surface area contributed by atoms with Gasteiger partial charge in [-0.1, -0.05) is 52.0 Å². The zero-order valence-corrected chi connectivity index (χ0v) is 34.6. The van der Waals surface area contributed by atoms with Crippen molar-refractivity contribution in [3.05, 3.63) is 72.6 Å². The standard InChI is InChI=1S/C40H50N8O10S/c1-23(2)33(45-39(51)55-5)37(49)47-17-9-15-31(47)35-41-21-29(43-35)25-11-7-13-27(19-25)57-59(53,54)58-28-14-8-12-26(20-28)30-22-42-36(44-30)32-16-10-18-48(32)38(50)34(24(3)4)46-40(52)56-6/h7-8,11-14,19-24,31-34H,9-10,15-18H2,1-6H3,(H,41,43)(H,42,44)(H,45,51)(H,46,52)/t31-,32-,33-,34-/m0/s1. The number of ether oxygens (including phenoxy) is 2. The predicted octanol–water partition coefficient (Wildman–Crippen LogP) is 5.26. The van der Waals surface area contributed by atoms with Crippen molar-refractivity contribution < 1.29 is 45.4 Å². The number of hydrogen-bond acceptors (Lipinski definition) is 12. The SMILES string of the molecule is COC(=O)N[C@H](C(=O)N1CCC[C@H]1c1ncc(-c2cccc(OS(=O)(=O)Oc3cccc(-c4cnc([C@@H]5CCCN5C(=O)[C@@H](NC(=O)OC)C(C)C)[nH]4)c3)c2)[nH]1)C(C)C. The number of methoxy groups -OCH3 is 2. The second-order valence-electron chi connectivity index (χ2n) is 15.1. The van der Waals surface area contributed by atoms with Gasteiger partial charge in [0.15, 0.2) is 0 Å². The average molecular weight is 835 g/mol. The van der Waals surface area contributed by atoms with Crippen molar-refractivity contribution in [1.82, 2.24) is 40.4 Å². The molecule has 2 aromatic heterocycles. The Kier molecular flexibility index (Phi) is 13.1. The number of likely N-dealkylation sites (tertiary alicyclic amines) is 2. The van der Waals surface area contributed by atoms with Crippen LogP contribution in [0.25, 0.3) is 22.5 Å². The number of H-pyrrole nitrogens is 2. The van der Waals surface area contributed by atoms with Gasteiger partial charge in [0.2, 0.25) is 11.8 Å². The first-order valence-electron chi connectivity index (χ1n) is 19.4. The second-order valence-corrected chi connectivity index (χ2v) is 16.2. The zero-order chi connectivity index (χ0) is 42.4. The molecule has 19 heteroatoms. The third kappa shape index (κ3) is 9.96. The van der Waals surface area contributed by atoms with E-state index >= 15 is 0 Å². The Morgan fingerprint density at radius 1 is 0.695 bits per heavy atom. The van der Waals surface area contributed by atoms with Gasteiger partial charge < -0.3 is 48.2 Å². The number of benzene rings is 2. The molecule has 4 heterocycles. The van der Waals surface area contributed by atoms with Crippen LogP contribution in [0.3, 0.4) is 0 Å². The van der Waals surface area contributed by atoms with Gasteiger partial charge in [0.1, 0.15) is 35.2 Å². The first kappa shape index (κ1) is 42.5. The summed E-state index contributed by atoms with van der Waals surface area (Å²) in [6.45, 7) is 8.38. The molecule has 316 valence electrons. The zero-order valence-electron chi connectivity index (χ0n) is 33.8. The molecule has 2 fully saturated rings. The van der Waals surface area contributed by atoms with Crippen LogP contribution < -0.4 is 19.0 Å². The van der Waals surface area contributed by atoms with Crippen LogP contribution in [-0.2, 0) is 29.5 Å². The summed E-state index contributed by atoms with van der Waals surface area (Å²) in [7, 11) is -2.11. The number of aromatic amines is 2. The number of aromatic nitrogens is 4. The molecule has 4 aromatic rings. The number of imidazole rings is 2. The van der Waals surface area contributed by atoms with Crippen molar-refractivity contribution in [3.8, 4) is 34.0 Å². The minimum Gasteiger partial charge on any atom is -0.453 e. The molecule has 18 nitrogen and oxygen atoms in total. The highest BCUT2D eigenvalue weighted by molar-refractivity contribution is 7.82. The second kappa shape index (κ2) is 18.2. The third-order valence-electron chi connectivity index (χ3n) is 10.4. The van der Waals surface area contributed by atoms with Crippen LogP contribution in [-0.4, -0.2) is 102 Å². The number of alkyl carbamates (subject to hydrolysis) is 2. The van der Waals surface area contributed by atoms with Crippen LogP contribution in [0.15, 0.2) is 60.9 Å². The summed E-state index contributed by atoms with van der Waals surface area (Å²) in [6, 6.07) is 10.5. The summed E-state index contributed by atoms with van der Waals surface area (Å²) in [5, 5.41) is 5.28. The van der Waals surface area contributed by atoms with E-state index < -0.39 is 34.7 Å². The van der Waals surface area contributed by atoms with E-state index in [1.54, 1.807) is 46.5 Å². The van der Waals surface area contributed by atoms with Crippen molar-refractivity contribution in [1.29, 1.82) is 0 Å². The van der Waals surface area contributed by atoms with Gasteiger partial charge in [-0.15, -0.1) is 8.42 Å². The molecule has 4 N–H and O–H groups in total. The number of carbonyl (C=O) groups excluding carboxylic acids is 4. The molecule has 2 aliphatic heterocycles. The summed E-state index contributed by atoms with van der Waals surface area (Å²) in [6.07, 6.45) is 4.68. The molecular formula is C40H50N8O10S. The maximum absolute atomic E-state index is 13.5. The first-order chi connectivity index (χ1) is 28.2. The molecular weight excluding hydrogens is 785 g/mol. The van der Waals surface area contributed by atoms with E-state index in [0.717, 1.165) is 12.8 Å². The molecule has 0 aliphatic carbocycles. The Morgan fingerprint density at radius 3 is 1.47 bits per heavy atom. The van der Waals surface area contributed by atoms with Gasteiger partial charge in [-0.05, 0) is 61.8 Å². The molecule has 4 atom stereocenters. The lowest BCUT2D eigenvalue weighted by Gasteiger charge is -2.30. The minimum absolute atomic E-state index is 0.00324. The maximum Gasteiger partial charge on any atom is 0.500 e. The van der Waals surface area contributed by atoms with E-state index in [1.807, 2.05) is 27.7 Å². The van der Waals surface area contributed by atoms with Crippen molar-refractivity contribution in [2.75, 3.05) is 27.3 Å². The average Bonchev–Trinajstić information content (AvgIpc) is 4.05. The molecule has 59 heavy (non-hydrogen) atoms. The lowest BCUT2D eigenvalue weighted by Crippen LogP contribution is -2.51. The highest BCUT2D eigenvalue weighted by Gasteiger charge is 2.39. The van der Waals surface area contributed by atoms with Crippen LogP contribution in [0, 0.1) is 11.8 Å². The van der Waals surface area contributed by atoms with Gasteiger partial charge >= 0.3 is 22.6 Å². The number of rotatable bonds is 14. The number of hydrogen-bond donors (Lipinski definition) is 4. The minimum atomic E-state index is -4.60. The Bertz CT molecular complexity index is 2110. The largest absolute Gasteiger partial charge is 0.500 e. The van der Waals surface area contributed by atoms with Gasteiger partial charge in [-0.25, -0.2) is 19.6 Å². The molecule has 0 unspecified atom stereocenters. The maximum atomic E-state index is 13.5. The predicted molar refractivity (Wildman–Crippen MR) is 214 cm³/mol. The number of nitrogens with one attached hydrogen (secondary N) is 4. The van der Waals surface area contributed by atoms with Crippen molar-refractivity contribution in [2.24, 2.45) is 11.8 Å². The Morgan fingerprint density at radius 2 is 1.10 bits per heavy atom. The van der Waals surface area contributed by atoms with E-state index in [9.17, 15) is 27.6 Å². The Hall–Kier alpha value is -6.11. The molecule has 0 saturated carbocycles. The van der Waals surface area contributed by atoms with Gasteiger partial charge in [-0.2, -0.15) is 0 Å². The fourth-order valence-corrected chi connectivity index (χ4v) is 8.09. The molecule has 0 radical (unpaired) electrons. The van der Waals surface area contributed by atoms with Crippen molar-refractivity contribution in [3.63, 3.8) is 0 Å².